The van der Waals surface area contributed by atoms with Gasteiger partial charge in [-0.25, -0.2) is 4.98 Å². The van der Waals surface area contributed by atoms with Crippen molar-refractivity contribution in [3.63, 3.8) is 0 Å². The van der Waals surface area contributed by atoms with Gasteiger partial charge in [-0.05, 0) is 30.9 Å². The van der Waals surface area contributed by atoms with E-state index >= 15 is 0 Å². The van der Waals surface area contributed by atoms with Crippen molar-refractivity contribution in [1.82, 2.24) is 4.98 Å². The van der Waals surface area contributed by atoms with E-state index in [1.165, 1.54) is 0 Å². The van der Waals surface area contributed by atoms with Gasteiger partial charge in [0, 0.05) is 22.9 Å². The van der Waals surface area contributed by atoms with Crippen LogP contribution in [0.4, 0.5) is 0 Å². The third-order valence-electron chi connectivity index (χ3n) is 4.38. The van der Waals surface area contributed by atoms with Crippen LogP contribution in [0.5, 0.6) is 0 Å². The number of halogens is 1. The number of carbonyl (C=O) groups excluding carboxylic acids is 1. The first-order valence-electron chi connectivity index (χ1n) is 7.30. The Bertz CT molecular complexity index is 908. The zero-order valence-electron chi connectivity index (χ0n) is 12.9. The molecule has 1 aromatic carbocycles. The lowest BCUT2D eigenvalue weighted by molar-refractivity contribution is 0.0909. The van der Waals surface area contributed by atoms with E-state index in [9.17, 15) is 4.79 Å². The van der Waals surface area contributed by atoms with Crippen LogP contribution in [0.3, 0.4) is 0 Å². The summed E-state index contributed by atoms with van der Waals surface area (Å²) in [6.07, 6.45) is 1.42. The van der Waals surface area contributed by atoms with Crippen LogP contribution in [-0.2, 0) is 6.42 Å². The van der Waals surface area contributed by atoms with E-state index in [0.717, 1.165) is 45.3 Å². The van der Waals surface area contributed by atoms with Crippen LogP contribution in [0.25, 0.3) is 22.1 Å². The highest BCUT2D eigenvalue weighted by Crippen LogP contribution is 2.39. The van der Waals surface area contributed by atoms with E-state index in [0.29, 0.717) is 6.42 Å². The van der Waals surface area contributed by atoms with Crippen molar-refractivity contribution in [2.24, 2.45) is 5.41 Å². The molecule has 0 aliphatic heterocycles. The fourth-order valence-corrected chi connectivity index (χ4v) is 3.45. The molecule has 4 rings (SSSR count). The van der Waals surface area contributed by atoms with Crippen LogP contribution in [0.1, 0.15) is 41.9 Å². The van der Waals surface area contributed by atoms with E-state index in [1.807, 2.05) is 31.2 Å². The number of carbonyl (C=O) groups is 1. The lowest BCUT2D eigenvalue weighted by Gasteiger charge is -2.30. The number of Topliss-reactive ketones (excluding diaryl/α,β-unsaturated/α-hetero) is 1. The zero-order valence-corrected chi connectivity index (χ0v) is 13.7. The van der Waals surface area contributed by atoms with Crippen molar-refractivity contribution in [3.8, 4) is 0 Å². The minimum atomic E-state index is -0.0171. The molecule has 0 bridgehead atoms. The monoisotopic (exact) mass is 315 g/mol. The van der Waals surface area contributed by atoms with Crippen LogP contribution in [-0.4, -0.2) is 10.8 Å². The van der Waals surface area contributed by atoms with Gasteiger partial charge in [0.15, 0.2) is 11.4 Å². The predicted octanol–water partition coefficient (Wildman–Crippen LogP) is 4.87. The quantitative estimate of drug-likeness (QED) is 0.594. The summed E-state index contributed by atoms with van der Waals surface area (Å²) in [5.74, 6) is 0.189. The smallest absolute Gasteiger partial charge is 0.165 e. The summed E-state index contributed by atoms with van der Waals surface area (Å²) in [5, 5.41) is 1.02. The van der Waals surface area contributed by atoms with Gasteiger partial charge in [0.05, 0.1) is 5.69 Å². The standard InChI is InChI=1S/C18H17NO2.ClH/c1-10-15-12(8-18(2,3)9-13(15)20)19-16-11-6-4-5-7-14(11)21-17(10)16;/h4-7H,8-9H2,1-3H3;1H. The maximum absolute atomic E-state index is 12.5. The number of pyridine rings is 1. The largest absolute Gasteiger partial charge is 0.454 e. The second-order valence-corrected chi connectivity index (χ2v) is 6.78. The molecule has 0 saturated carbocycles. The normalized spacial score (nSPS) is 16.6. The lowest BCUT2D eigenvalue weighted by Crippen LogP contribution is -2.28. The molecule has 4 heteroatoms. The fraction of sp³-hybridized carbons (Fsp3) is 0.333. The number of benzene rings is 1. The molecule has 0 fully saturated rings. The molecule has 22 heavy (non-hydrogen) atoms. The van der Waals surface area contributed by atoms with E-state index in [1.54, 1.807) is 0 Å². The molecule has 0 unspecified atom stereocenters. The van der Waals surface area contributed by atoms with Crippen LogP contribution in [0.15, 0.2) is 28.7 Å². The predicted molar refractivity (Wildman–Crippen MR) is 89.9 cm³/mol. The molecule has 1 aliphatic carbocycles. The number of fused-ring (bicyclic) bond motifs is 4. The number of ketones is 1. The molecule has 2 aromatic heterocycles. The molecule has 0 spiro atoms. The van der Waals surface area contributed by atoms with Crippen LogP contribution in [0, 0.1) is 12.3 Å². The number of hydrogen-bond donors (Lipinski definition) is 0. The number of furan rings is 1. The molecule has 0 N–H and O–H groups in total. The first-order valence-corrected chi connectivity index (χ1v) is 7.30. The molecule has 114 valence electrons. The third kappa shape index (κ3) is 2.03. The summed E-state index contributed by atoms with van der Waals surface area (Å²) >= 11 is 0. The number of para-hydroxylation sites is 1. The Labute approximate surface area is 135 Å². The minimum Gasteiger partial charge on any atom is -0.454 e. The summed E-state index contributed by atoms with van der Waals surface area (Å²) in [4.78, 5) is 17.3. The van der Waals surface area contributed by atoms with Gasteiger partial charge in [-0.3, -0.25) is 4.79 Å². The van der Waals surface area contributed by atoms with Crippen LogP contribution >= 0.6 is 12.4 Å². The lowest BCUT2D eigenvalue weighted by atomic mass is 9.74. The second-order valence-electron chi connectivity index (χ2n) is 6.78. The van der Waals surface area contributed by atoms with E-state index in [-0.39, 0.29) is 23.6 Å². The molecule has 0 radical (unpaired) electrons. The number of aromatic nitrogens is 1. The molecule has 2 heterocycles. The maximum atomic E-state index is 12.5. The summed E-state index contributed by atoms with van der Waals surface area (Å²) in [5.41, 5.74) is 5.09. The SMILES string of the molecule is Cc1c2c(nc3c1oc1ccccc13)CC(C)(C)CC2=O.Cl. The van der Waals surface area contributed by atoms with Crippen molar-refractivity contribution in [2.75, 3.05) is 0 Å². The van der Waals surface area contributed by atoms with Gasteiger partial charge < -0.3 is 4.42 Å². The highest BCUT2D eigenvalue weighted by atomic mass is 35.5. The fourth-order valence-electron chi connectivity index (χ4n) is 3.45. The molecule has 1 aliphatic rings. The molecule has 0 amide bonds. The van der Waals surface area contributed by atoms with Gasteiger partial charge in [0.1, 0.15) is 11.1 Å². The summed E-state index contributed by atoms with van der Waals surface area (Å²) in [6, 6.07) is 7.91. The van der Waals surface area contributed by atoms with E-state index < -0.39 is 0 Å². The summed E-state index contributed by atoms with van der Waals surface area (Å²) < 4.78 is 5.93. The Morgan fingerprint density at radius 1 is 1.18 bits per heavy atom. The topological polar surface area (TPSA) is 43.1 Å². The van der Waals surface area contributed by atoms with E-state index in [4.69, 9.17) is 9.40 Å². The molecular weight excluding hydrogens is 298 g/mol. The molecule has 3 nitrogen and oxygen atoms in total. The molecule has 0 atom stereocenters. The Balaban J connectivity index is 0.00000144. The number of rotatable bonds is 0. The second kappa shape index (κ2) is 4.82. The Morgan fingerprint density at radius 2 is 1.91 bits per heavy atom. The zero-order chi connectivity index (χ0) is 14.8. The average Bonchev–Trinajstić information content (AvgIpc) is 2.76. The maximum Gasteiger partial charge on any atom is 0.165 e. The minimum absolute atomic E-state index is 0. The summed E-state index contributed by atoms with van der Waals surface area (Å²) in [6.45, 7) is 6.23. The third-order valence-corrected chi connectivity index (χ3v) is 4.38. The van der Waals surface area contributed by atoms with Gasteiger partial charge in [-0.2, -0.15) is 0 Å². The van der Waals surface area contributed by atoms with Gasteiger partial charge in [-0.1, -0.05) is 26.0 Å². The van der Waals surface area contributed by atoms with Gasteiger partial charge >= 0.3 is 0 Å². The van der Waals surface area contributed by atoms with Crippen molar-refractivity contribution in [3.05, 3.63) is 41.1 Å². The van der Waals surface area contributed by atoms with Gasteiger partial charge in [0.25, 0.3) is 0 Å². The van der Waals surface area contributed by atoms with Crippen molar-refractivity contribution < 1.29 is 9.21 Å². The number of aryl methyl sites for hydroxylation is 1. The van der Waals surface area contributed by atoms with Crippen molar-refractivity contribution >= 4 is 40.3 Å². The molecule has 3 aromatic rings. The van der Waals surface area contributed by atoms with E-state index in [2.05, 4.69) is 13.8 Å². The first-order chi connectivity index (χ1) is 9.96. The molecule has 0 saturated heterocycles. The average molecular weight is 316 g/mol. The van der Waals surface area contributed by atoms with Gasteiger partial charge in [-0.15, -0.1) is 12.4 Å². The highest BCUT2D eigenvalue weighted by Gasteiger charge is 2.34. The number of hydrogen-bond acceptors (Lipinski definition) is 3. The summed E-state index contributed by atoms with van der Waals surface area (Å²) in [7, 11) is 0. The Kier molecular flexibility index (Phi) is 3.29. The Hall–Kier alpha value is -1.87. The van der Waals surface area contributed by atoms with Crippen LogP contribution in [0.2, 0.25) is 0 Å². The highest BCUT2D eigenvalue weighted by molar-refractivity contribution is 6.08. The Morgan fingerprint density at radius 3 is 2.68 bits per heavy atom. The first kappa shape index (κ1) is 15.0. The van der Waals surface area contributed by atoms with Gasteiger partial charge in [0.2, 0.25) is 0 Å². The molecular formula is C18H18ClNO2. The van der Waals surface area contributed by atoms with Crippen molar-refractivity contribution in [1.29, 1.82) is 0 Å². The van der Waals surface area contributed by atoms with Crippen molar-refractivity contribution in [2.45, 2.75) is 33.6 Å². The number of nitrogens with zero attached hydrogens (tertiary/aromatic N) is 1. The van der Waals surface area contributed by atoms with Crippen LogP contribution < -0.4 is 0 Å².